The number of anilines is 3. The Morgan fingerprint density at radius 2 is 0.735 bits per heavy atom. The van der Waals surface area contributed by atoms with Crippen molar-refractivity contribution in [3.8, 4) is 44.5 Å². The summed E-state index contributed by atoms with van der Waals surface area (Å²) in [6, 6.07) is 113. The van der Waals surface area contributed by atoms with Gasteiger partial charge in [-0.05, 0) is 126 Å². The summed E-state index contributed by atoms with van der Waals surface area (Å²) in [4.78, 5) is 2.43. The number of rotatable bonds is 9. The summed E-state index contributed by atoms with van der Waals surface area (Å²) in [5.74, 6) is 0. The number of hydrogen-bond donors (Lipinski definition) is 0. The zero-order valence-corrected chi connectivity index (χ0v) is 45.2. The first-order valence-electron chi connectivity index (χ1n) is 28.6. The molecule has 0 radical (unpaired) electrons. The molecule has 0 saturated heterocycles. The fraction of sp³-hybridized carbons (Fsp3) is 0.0250. The molecule has 0 fully saturated rings. The van der Waals surface area contributed by atoms with Crippen LogP contribution < -0.4 is 4.90 Å². The summed E-state index contributed by atoms with van der Waals surface area (Å²) >= 11 is 0. The molecule has 0 bridgehead atoms. The maximum absolute atomic E-state index is 7.54. The Labute approximate surface area is 481 Å². The van der Waals surface area contributed by atoms with Crippen LogP contribution in [-0.2, 0) is 10.8 Å². The Hall–Kier alpha value is -10.7. The Morgan fingerprint density at radius 3 is 1.35 bits per heavy atom. The minimum atomic E-state index is -0.586. The maximum atomic E-state index is 7.54. The maximum Gasteiger partial charge on any atom is 0.144 e. The molecule has 2 heterocycles. The van der Waals surface area contributed by atoms with Crippen LogP contribution in [0.2, 0.25) is 0 Å². The second-order valence-electron chi connectivity index (χ2n) is 22.1. The largest absolute Gasteiger partial charge is 0.456 e. The first kappa shape index (κ1) is 47.1. The first-order chi connectivity index (χ1) is 41.2. The second-order valence-corrected chi connectivity index (χ2v) is 22.1. The minimum absolute atomic E-state index is 0.583. The van der Waals surface area contributed by atoms with Crippen molar-refractivity contribution in [1.29, 1.82) is 0 Å². The van der Waals surface area contributed by atoms with Crippen LogP contribution in [0.1, 0.15) is 44.5 Å². The molecule has 0 spiro atoms. The Bertz CT molecular complexity index is 4940. The molecule has 2 aliphatic carbocycles. The highest BCUT2D eigenvalue weighted by molar-refractivity contribution is 6.24. The molecule has 0 unspecified atom stereocenters. The molecule has 15 aromatic rings. The number of fused-ring (bicyclic) bond motifs is 12. The van der Waals surface area contributed by atoms with Crippen molar-refractivity contribution in [2.75, 3.05) is 4.90 Å². The van der Waals surface area contributed by atoms with Gasteiger partial charge in [-0.25, -0.2) is 0 Å². The summed E-state index contributed by atoms with van der Waals surface area (Å²) in [6.07, 6.45) is 0. The van der Waals surface area contributed by atoms with Crippen molar-refractivity contribution in [3.63, 3.8) is 0 Å². The molecular formula is C80H51NO2. The average Bonchev–Trinajstić information content (AvgIpc) is 1.83. The molecule has 3 nitrogen and oxygen atoms in total. The predicted molar refractivity (Wildman–Crippen MR) is 341 cm³/mol. The zero-order valence-electron chi connectivity index (χ0n) is 45.2. The second kappa shape index (κ2) is 18.4. The van der Waals surface area contributed by atoms with Crippen molar-refractivity contribution in [2.24, 2.45) is 0 Å². The van der Waals surface area contributed by atoms with Crippen molar-refractivity contribution in [2.45, 2.75) is 10.8 Å². The van der Waals surface area contributed by atoms with E-state index in [1.54, 1.807) is 0 Å². The smallest absolute Gasteiger partial charge is 0.144 e. The lowest BCUT2D eigenvalue weighted by molar-refractivity contribution is 0.664. The van der Waals surface area contributed by atoms with Crippen molar-refractivity contribution in [1.82, 2.24) is 0 Å². The Kier molecular flexibility index (Phi) is 10.4. The van der Waals surface area contributed by atoms with Crippen LogP contribution in [-0.4, -0.2) is 0 Å². The Morgan fingerprint density at radius 1 is 0.265 bits per heavy atom. The summed E-state index contributed by atoms with van der Waals surface area (Å²) < 4.78 is 14.4. The van der Waals surface area contributed by atoms with Crippen LogP contribution in [0.3, 0.4) is 0 Å². The van der Waals surface area contributed by atoms with E-state index in [1.165, 1.54) is 66.8 Å². The summed E-state index contributed by atoms with van der Waals surface area (Å²) in [5, 5.41) is 4.09. The highest BCUT2D eigenvalue weighted by atomic mass is 16.3. The molecule has 2 aliphatic rings. The molecule has 0 atom stereocenters. The van der Waals surface area contributed by atoms with Crippen LogP contribution in [0.15, 0.2) is 318 Å². The van der Waals surface area contributed by atoms with Crippen LogP contribution in [0.4, 0.5) is 17.1 Å². The third-order valence-corrected chi connectivity index (χ3v) is 18.0. The monoisotopic (exact) mass is 1060 g/mol. The average molecular weight is 1060 g/mol. The zero-order chi connectivity index (χ0) is 54.6. The van der Waals surface area contributed by atoms with E-state index in [9.17, 15) is 0 Å². The van der Waals surface area contributed by atoms with Gasteiger partial charge in [-0.1, -0.05) is 255 Å². The standard InChI is InChI=1S/C80H51NO2/c1-6-24-52(25-7-1)60-34-18-22-40-72(60)81(58-43-46-64-62-36-17-21-39-69(62)80(71(64)49-58,56-30-12-4-13-31-56)57-32-14-5-15-33-57)59-44-47-65-67-51-75-77(66-37-19-23-41-73(66)82-75)76(78(67)83-74(65)50-59)53-42-45-63-61-35-16-20-38-68(61)79(70(63)48-53,54-26-8-2-9-27-54)55-28-10-3-11-29-55/h1-51H. The molecule has 13 aromatic carbocycles. The van der Waals surface area contributed by atoms with Gasteiger partial charge in [-0.2, -0.15) is 0 Å². The lowest BCUT2D eigenvalue weighted by Crippen LogP contribution is -2.28. The fourth-order valence-electron chi connectivity index (χ4n) is 14.6. The first-order valence-corrected chi connectivity index (χ1v) is 28.6. The van der Waals surface area contributed by atoms with Gasteiger partial charge in [0.25, 0.3) is 0 Å². The molecule has 3 heteroatoms. The van der Waals surface area contributed by atoms with E-state index in [1.807, 2.05) is 0 Å². The molecule has 83 heavy (non-hydrogen) atoms. The van der Waals surface area contributed by atoms with Crippen molar-refractivity contribution in [3.05, 3.63) is 354 Å². The topological polar surface area (TPSA) is 29.5 Å². The van der Waals surface area contributed by atoms with Crippen LogP contribution in [0.5, 0.6) is 0 Å². The number of nitrogens with zero attached hydrogens (tertiary/aromatic N) is 1. The van der Waals surface area contributed by atoms with Gasteiger partial charge in [-0.15, -0.1) is 0 Å². The van der Waals surface area contributed by atoms with Gasteiger partial charge in [-0.3, -0.25) is 0 Å². The van der Waals surface area contributed by atoms with Gasteiger partial charge in [0.1, 0.15) is 22.3 Å². The van der Waals surface area contributed by atoms with Crippen molar-refractivity contribution >= 4 is 60.9 Å². The number of para-hydroxylation sites is 2. The van der Waals surface area contributed by atoms with E-state index < -0.39 is 10.8 Å². The highest BCUT2D eigenvalue weighted by Gasteiger charge is 2.48. The molecule has 2 aromatic heterocycles. The third kappa shape index (κ3) is 6.80. The number of benzene rings is 13. The molecule has 17 rings (SSSR count). The van der Waals surface area contributed by atoms with Gasteiger partial charge in [0, 0.05) is 50.1 Å². The van der Waals surface area contributed by atoms with Crippen LogP contribution in [0, 0.1) is 0 Å². The van der Waals surface area contributed by atoms with E-state index in [2.05, 4.69) is 314 Å². The van der Waals surface area contributed by atoms with E-state index in [0.29, 0.717) is 0 Å². The lowest BCUT2D eigenvalue weighted by atomic mass is 9.67. The van der Waals surface area contributed by atoms with E-state index in [-0.39, 0.29) is 0 Å². The number of hydrogen-bond acceptors (Lipinski definition) is 3. The van der Waals surface area contributed by atoms with Gasteiger partial charge in [0.05, 0.1) is 16.5 Å². The van der Waals surface area contributed by atoms with Crippen LogP contribution in [0.25, 0.3) is 88.4 Å². The van der Waals surface area contributed by atoms with Gasteiger partial charge in [0.2, 0.25) is 0 Å². The van der Waals surface area contributed by atoms with E-state index >= 15 is 0 Å². The molecule has 0 saturated carbocycles. The third-order valence-electron chi connectivity index (χ3n) is 18.0. The van der Waals surface area contributed by atoms with Crippen LogP contribution >= 0.6 is 0 Å². The van der Waals surface area contributed by atoms with Gasteiger partial charge in [0.15, 0.2) is 0 Å². The molecule has 0 amide bonds. The predicted octanol–water partition coefficient (Wildman–Crippen LogP) is 21.0. The minimum Gasteiger partial charge on any atom is -0.456 e. The lowest BCUT2D eigenvalue weighted by Gasteiger charge is -2.35. The fourth-order valence-corrected chi connectivity index (χ4v) is 14.6. The summed E-state index contributed by atoms with van der Waals surface area (Å²) in [7, 11) is 0. The molecule has 0 N–H and O–H groups in total. The van der Waals surface area contributed by atoms with E-state index in [0.717, 1.165) is 83.2 Å². The molecule has 0 aliphatic heterocycles. The Balaban J connectivity index is 0.918. The SMILES string of the molecule is c1ccc(-c2ccccc2N(c2ccc3c(c2)C(c2ccccc2)(c2ccccc2)c2ccccc2-3)c2ccc3c(c2)oc2c(-c4ccc5c(c4)C(c4ccccc4)(c4ccccc4)c4ccccc4-5)c4c(cc23)oc2ccccc24)cc1. The number of furan rings is 2. The summed E-state index contributed by atoms with van der Waals surface area (Å²) in [5.41, 5.74) is 24.3. The molecule has 388 valence electrons. The summed E-state index contributed by atoms with van der Waals surface area (Å²) in [6.45, 7) is 0. The molecular weight excluding hydrogens is 1010 g/mol. The van der Waals surface area contributed by atoms with E-state index in [4.69, 9.17) is 8.83 Å². The normalized spacial score (nSPS) is 13.5. The highest BCUT2D eigenvalue weighted by Crippen LogP contribution is 2.60. The van der Waals surface area contributed by atoms with Gasteiger partial charge < -0.3 is 13.7 Å². The van der Waals surface area contributed by atoms with Gasteiger partial charge >= 0.3 is 0 Å². The van der Waals surface area contributed by atoms with Crippen molar-refractivity contribution < 1.29 is 8.83 Å². The quantitative estimate of drug-likeness (QED) is 0.144.